The first-order valence-electron chi connectivity index (χ1n) is 6.24. The number of carbonyl (C=O) groups is 2. The van der Waals surface area contributed by atoms with E-state index >= 15 is 0 Å². The summed E-state index contributed by atoms with van der Waals surface area (Å²) in [6, 6.07) is 7.59. The zero-order valence-corrected chi connectivity index (χ0v) is 11.4. The van der Waals surface area contributed by atoms with Crippen LogP contribution in [0.2, 0.25) is 0 Å². The van der Waals surface area contributed by atoms with Crippen molar-refractivity contribution in [3.8, 4) is 0 Å². The number of aromatic carboxylic acids is 2. The average molecular weight is 325 g/mol. The minimum absolute atomic E-state index is 0.0731. The molecule has 3 N–H and O–H groups in total. The molecule has 8 heteroatoms. The number of hydrogen-bond donors (Lipinski definition) is 3. The molecule has 0 bridgehead atoms. The van der Waals surface area contributed by atoms with Crippen LogP contribution >= 0.6 is 0 Å². The molecule has 0 saturated heterocycles. The summed E-state index contributed by atoms with van der Waals surface area (Å²) >= 11 is 0. The van der Waals surface area contributed by atoms with Crippen molar-refractivity contribution in [2.24, 2.45) is 0 Å². The molecule has 0 saturated carbocycles. The van der Waals surface area contributed by atoms with Gasteiger partial charge in [0.25, 0.3) is 0 Å². The van der Waals surface area contributed by atoms with Gasteiger partial charge in [-0.25, -0.2) is 9.59 Å². The van der Waals surface area contributed by atoms with Gasteiger partial charge in [-0.1, -0.05) is 12.1 Å². The molecular formula is C15H10F3NO4. The lowest BCUT2D eigenvalue weighted by atomic mass is 10.1. The molecule has 0 atom stereocenters. The summed E-state index contributed by atoms with van der Waals surface area (Å²) < 4.78 is 38.1. The molecule has 2 aromatic rings. The lowest BCUT2D eigenvalue weighted by Gasteiger charge is -2.14. The van der Waals surface area contributed by atoms with E-state index in [4.69, 9.17) is 10.2 Å². The second-order valence-corrected chi connectivity index (χ2v) is 4.54. The number of para-hydroxylation sites is 1. The van der Waals surface area contributed by atoms with Crippen LogP contribution in [-0.2, 0) is 6.18 Å². The van der Waals surface area contributed by atoms with E-state index in [0.29, 0.717) is 0 Å². The van der Waals surface area contributed by atoms with E-state index in [-0.39, 0.29) is 22.5 Å². The van der Waals surface area contributed by atoms with Gasteiger partial charge in [-0.2, -0.15) is 13.2 Å². The van der Waals surface area contributed by atoms with Gasteiger partial charge in [-0.05, 0) is 30.3 Å². The van der Waals surface area contributed by atoms with E-state index in [1.54, 1.807) is 0 Å². The molecule has 5 nitrogen and oxygen atoms in total. The second-order valence-electron chi connectivity index (χ2n) is 4.54. The van der Waals surface area contributed by atoms with Crippen molar-refractivity contribution in [2.75, 3.05) is 5.32 Å². The third-order valence-electron chi connectivity index (χ3n) is 2.98. The molecule has 0 spiro atoms. The molecule has 0 heterocycles. The number of anilines is 2. The van der Waals surface area contributed by atoms with Crippen LogP contribution < -0.4 is 5.32 Å². The van der Waals surface area contributed by atoms with Crippen LogP contribution in [0.25, 0.3) is 0 Å². The molecule has 0 amide bonds. The van der Waals surface area contributed by atoms with Gasteiger partial charge >= 0.3 is 18.1 Å². The Balaban J connectivity index is 2.52. The first kappa shape index (κ1) is 16.3. The quantitative estimate of drug-likeness (QED) is 0.795. The normalized spacial score (nSPS) is 11.1. The van der Waals surface area contributed by atoms with E-state index < -0.39 is 23.7 Å². The van der Waals surface area contributed by atoms with Crippen molar-refractivity contribution in [3.63, 3.8) is 0 Å². The van der Waals surface area contributed by atoms with Crippen molar-refractivity contribution in [3.05, 3.63) is 59.2 Å². The summed E-state index contributed by atoms with van der Waals surface area (Å²) in [6.07, 6.45) is -4.57. The maximum Gasteiger partial charge on any atom is 0.416 e. The van der Waals surface area contributed by atoms with Crippen LogP contribution in [0.5, 0.6) is 0 Å². The Morgan fingerprint density at radius 2 is 1.43 bits per heavy atom. The summed E-state index contributed by atoms with van der Waals surface area (Å²) in [5.41, 5.74) is -2.01. The third kappa shape index (κ3) is 3.60. The highest BCUT2D eigenvalue weighted by atomic mass is 19.4. The largest absolute Gasteiger partial charge is 0.478 e. The predicted molar refractivity (Wildman–Crippen MR) is 75.1 cm³/mol. The zero-order chi connectivity index (χ0) is 17.2. The Morgan fingerprint density at radius 3 is 1.91 bits per heavy atom. The van der Waals surface area contributed by atoms with Crippen molar-refractivity contribution < 1.29 is 33.0 Å². The van der Waals surface area contributed by atoms with Crippen LogP contribution in [0.4, 0.5) is 24.5 Å². The minimum Gasteiger partial charge on any atom is -0.478 e. The van der Waals surface area contributed by atoms with E-state index in [1.165, 1.54) is 12.1 Å². The molecule has 0 aliphatic heterocycles. The summed E-state index contributed by atoms with van der Waals surface area (Å²) in [5.74, 6) is -2.80. The monoisotopic (exact) mass is 325 g/mol. The first-order valence-corrected chi connectivity index (χ1v) is 6.24. The van der Waals surface area contributed by atoms with Crippen LogP contribution in [0, 0.1) is 0 Å². The van der Waals surface area contributed by atoms with E-state index in [0.717, 1.165) is 30.3 Å². The second kappa shape index (κ2) is 5.99. The fourth-order valence-corrected chi connectivity index (χ4v) is 1.96. The summed E-state index contributed by atoms with van der Waals surface area (Å²) in [7, 11) is 0. The van der Waals surface area contributed by atoms with Gasteiger partial charge in [-0.15, -0.1) is 0 Å². The number of rotatable bonds is 4. The number of benzene rings is 2. The predicted octanol–water partition coefficient (Wildman–Crippen LogP) is 3.85. The highest BCUT2D eigenvalue weighted by Crippen LogP contribution is 2.32. The highest BCUT2D eigenvalue weighted by molar-refractivity contribution is 6.04. The van der Waals surface area contributed by atoms with Gasteiger partial charge in [0.1, 0.15) is 0 Å². The van der Waals surface area contributed by atoms with E-state index in [1.807, 2.05) is 0 Å². The number of hydrogen-bond acceptors (Lipinski definition) is 3. The molecule has 0 aliphatic carbocycles. The maximum absolute atomic E-state index is 12.7. The lowest BCUT2D eigenvalue weighted by Crippen LogP contribution is -2.10. The standard InChI is InChI=1S/C15H10F3NO4/c16-15(17,18)8-3-1-4-9(7-8)19-12-10(13(20)21)5-2-6-11(12)14(22)23/h1-7,19H,(H,20,21)(H,22,23). The van der Waals surface area contributed by atoms with Crippen LogP contribution in [0.15, 0.2) is 42.5 Å². The van der Waals surface area contributed by atoms with Crippen LogP contribution in [0.1, 0.15) is 26.3 Å². The topological polar surface area (TPSA) is 86.6 Å². The Bertz CT molecular complexity index is 739. The number of carboxylic acids is 2. The number of alkyl halides is 3. The van der Waals surface area contributed by atoms with Gasteiger partial charge in [0, 0.05) is 5.69 Å². The third-order valence-corrected chi connectivity index (χ3v) is 2.98. The fourth-order valence-electron chi connectivity index (χ4n) is 1.96. The molecule has 0 aromatic heterocycles. The molecule has 23 heavy (non-hydrogen) atoms. The highest BCUT2D eigenvalue weighted by Gasteiger charge is 2.30. The molecular weight excluding hydrogens is 315 g/mol. The van der Waals surface area contributed by atoms with Gasteiger partial charge < -0.3 is 15.5 Å². The Hall–Kier alpha value is -3.03. The SMILES string of the molecule is O=C(O)c1cccc(C(=O)O)c1Nc1cccc(C(F)(F)F)c1. The van der Waals surface area contributed by atoms with E-state index in [9.17, 15) is 22.8 Å². The molecule has 2 rings (SSSR count). The van der Waals surface area contributed by atoms with Gasteiger partial charge in [0.05, 0.1) is 22.4 Å². The van der Waals surface area contributed by atoms with Crippen molar-refractivity contribution in [1.29, 1.82) is 0 Å². The van der Waals surface area contributed by atoms with Gasteiger partial charge in [-0.3, -0.25) is 0 Å². The number of halogens is 3. The molecule has 2 aromatic carbocycles. The van der Waals surface area contributed by atoms with Crippen LogP contribution in [-0.4, -0.2) is 22.2 Å². The van der Waals surface area contributed by atoms with Gasteiger partial charge in [0.15, 0.2) is 0 Å². The summed E-state index contributed by atoms with van der Waals surface area (Å²) in [6.45, 7) is 0. The van der Waals surface area contributed by atoms with Crippen LogP contribution in [0.3, 0.4) is 0 Å². The molecule has 0 radical (unpaired) electrons. The van der Waals surface area contributed by atoms with Gasteiger partial charge in [0.2, 0.25) is 0 Å². The number of carboxylic acid groups (broad SMARTS) is 2. The van der Waals surface area contributed by atoms with Crippen molar-refractivity contribution in [2.45, 2.75) is 6.18 Å². The van der Waals surface area contributed by atoms with E-state index in [2.05, 4.69) is 5.32 Å². The summed E-state index contributed by atoms with van der Waals surface area (Å²) in [4.78, 5) is 22.4. The Morgan fingerprint density at radius 1 is 0.913 bits per heavy atom. The van der Waals surface area contributed by atoms with Crippen molar-refractivity contribution in [1.82, 2.24) is 0 Å². The summed E-state index contributed by atoms with van der Waals surface area (Å²) in [5, 5.41) is 20.7. The number of nitrogens with one attached hydrogen (secondary N) is 1. The molecule has 0 fully saturated rings. The Kier molecular flexibility index (Phi) is 4.26. The minimum atomic E-state index is -4.57. The average Bonchev–Trinajstić information content (AvgIpc) is 2.46. The Labute approximate surface area is 128 Å². The first-order chi connectivity index (χ1) is 10.7. The smallest absolute Gasteiger partial charge is 0.416 e. The zero-order valence-electron chi connectivity index (χ0n) is 11.4. The van der Waals surface area contributed by atoms with Crippen molar-refractivity contribution >= 4 is 23.3 Å². The molecule has 0 aliphatic rings. The maximum atomic E-state index is 12.7. The molecule has 120 valence electrons. The lowest BCUT2D eigenvalue weighted by molar-refractivity contribution is -0.137. The fraction of sp³-hybridized carbons (Fsp3) is 0.0667. The molecule has 0 unspecified atom stereocenters.